The first-order valence-electron chi connectivity index (χ1n) is 22.6. The van der Waals surface area contributed by atoms with Crippen molar-refractivity contribution >= 4 is 102 Å². The summed E-state index contributed by atoms with van der Waals surface area (Å²) in [7, 11) is -1.69. The van der Waals surface area contributed by atoms with E-state index in [1.165, 1.54) is 91.8 Å². The van der Waals surface area contributed by atoms with E-state index in [0.717, 1.165) is 11.1 Å². The Labute approximate surface area is 439 Å². The van der Waals surface area contributed by atoms with Crippen LogP contribution in [0.15, 0.2) is 255 Å². The molecule has 0 aromatic heterocycles. The average Bonchev–Trinajstić information content (AvgIpc) is 3.41. The molecule has 69 heavy (non-hydrogen) atoms. The summed E-state index contributed by atoms with van der Waals surface area (Å²) in [5.74, 6) is 6.19. The van der Waals surface area contributed by atoms with E-state index in [-0.39, 0.29) is 44.8 Å². The summed E-state index contributed by atoms with van der Waals surface area (Å²) < 4.78 is 0. The summed E-state index contributed by atoms with van der Waals surface area (Å²) in [6, 6.07) is 90.8. The molecule has 0 aliphatic rings. The summed E-state index contributed by atoms with van der Waals surface area (Å²) in [4.78, 5) is 0. The van der Waals surface area contributed by atoms with Gasteiger partial charge in [-0.3, -0.25) is 11.8 Å². The maximum atomic E-state index is 7.31. The van der Waals surface area contributed by atoms with E-state index in [2.05, 4.69) is 242 Å². The van der Waals surface area contributed by atoms with Crippen LogP contribution in [0.5, 0.6) is 0 Å². The van der Waals surface area contributed by atoms with Crippen molar-refractivity contribution in [1.82, 2.24) is 0 Å². The molecule has 0 fully saturated rings. The maximum Gasteiger partial charge on any atom is 1.00 e. The second kappa shape index (κ2) is 23.3. The van der Waals surface area contributed by atoms with E-state index < -0.39 is 15.8 Å². The number of rotatable bonds is 6. The normalized spacial score (nSPS) is 10.7. The molecule has 0 atom stereocenters. The molecule has 0 aliphatic heterocycles. The molecule has 0 unspecified atom stereocenters. The van der Waals surface area contributed by atoms with Crippen molar-refractivity contribution in [2.45, 2.75) is 0 Å². The Morgan fingerprint density at radius 2 is 0.522 bits per heavy atom. The van der Waals surface area contributed by atoms with Gasteiger partial charge in [-0.25, -0.2) is 0 Å². The van der Waals surface area contributed by atoms with Crippen LogP contribution in [0.3, 0.4) is 0 Å². The van der Waals surface area contributed by atoms with Crippen LogP contribution in [0.4, 0.5) is 0 Å². The van der Waals surface area contributed by atoms with Gasteiger partial charge in [0.1, 0.15) is 37.1 Å². The van der Waals surface area contributed by atoms with Gasteiger partial charge in [0.05, 0.1) is 0 Å². The van der Waals surface area contributed by atoms with Gasteiger partial charge in [0, 0.05) is 0 Å². The van der Waals surface area contributed by atoms with E-state index in [1.54, 1.807) is 0 Å². The fourth-order valence-corrected chi connectivity index (χ4v) is 17.0. The molecule has 0 spiro atoms. The molecule has 12 aromatic rings. The fourth-order valence-electron chi connectivity index (χ4n) is 9.27. The Balaban J connectivity index is 0.000000140. The van der Waals surface area contributed by atoms with Gasteiger partial charge in [-0.1, -0.05) is 182 Å². The van der Waals surface area contributed by atoms with Crippen molar-refractivity contribution < 1.29 is 44.8 Å². The number of hydrogen-bond donors (Lipinski definition) is 0. The monoisotopic (exact) mass is 1280 g/mol. The molecule has 0 saturated heterocycles. The van der Waals surface area contributed by atoms with Gasteiger partial charge in [0.15, 0.2) is 5.90 Å². The molecule has 0 bridgehead atoms. The quantitative estimate of drug-likeness (QED) is 0.0512. The first-order chi connectivity index (χ1) is 33.1. The van der Waals surface area contributed by atoms with Crippen LogP contribution in [0.25, 0.3) is 64.6 Å². The number of fused-ring (bicyclic) bond motifs is 10. The minimum Gasteiger partial charge on any atom is -0.366 e. The molecule has 0 amide bonds. The zero-order valence-electron chi connectivity index (χ0n) is 37.6. The minimum absolute atomic E-state index is 0. The molecule has 0 nitrogen and oxygen atoms in total. The van der Waals surface area contributed by atoms with Crippen LogP contribution in [0, 0.1) is 24.7 Å². The van der Waals surface area contributed by atoms with Gasteiger partial charge in [-0.2, -0.15) is 0 Å². The maximum absolute atomic E-state index is 7.31. The first-order valence-corrected chi connectivity index (χ1v) is 26.0. The van der Waals surface area contributed by atoms with Gasteiger partial charge in [0.2, 0.25) is 0 Å². The molecule has 0 aliphatic carbocycles. The fraction of sp³-hybridized carbons (Fsp3) is 0.0154. The van der Waals surface area contributed by atoms with Crippen molar-refractivity contribution in [2.24, 2.45) is 0 Å². The Morgan fingerprint density at radius 1 is 0.261 bits per heavy atom. The number of hydrogen-bond acceptors (Lipinski definition) is 0. The third kappa shape index (κ3) is 10.9. The Hall–Kier alpha value is -6.34. The van der Waals surface area contributed by atoms with E-state index in [9.17, 15) is 0 Å². The standard InChI is InChI=1S/C25H22P2.2C20H11.2Au/c1-5-13-22(14-6-1)26(23-15-7-2-8-16-23)21-27(24-17-9-3-10-18-24)25-19-11-4-12-20-25;2*1-2-14-7-8-16-10-11-18-17-6-4-3-5-15(17)9-12-19(18)20(16)13-14;;/h1-20H,21H2;2*3-13H;;/q;2*-1;2*+1/p+2. The first kappa shape index (κ1) is 49.1. The predicted molar refractivity (Wildman–Crippen MR) is 296 cm³/mol. The summed E-state index contributed by atoms with van der Waals surface area (Å²) in [5.41, 5.74) is 1.64. The summed E-state index contributed by atoms with van der Waals surface area (Å²) in [6.45, 7) is 0. The molecule has 0 N–H and O–H groups in total. The van der Waals surface area contributed by atoms with Crippen molar-refractivity contribution in [1.29, 1.82) is 0 Å². The van der Waals surface area contributed by atoms with Crippen molar-refractivity contribution in [3.05, 3.63) is 279 Å². The SMILES string of the molecule is [Au+].[Au+].[C-]#Cc1ccc2ccc3c4ccccc4ccc3c2c1.[C-]#Cc1ccc2ccc3c4ccccc4ccc3c2c1.c1ccc([PH+](C[PH+](c2ccccc2)c2ccccc2)c2ccccc2)cc1. The van der Waals surface area contributed by atoms with Crippen molar-refractivity contribution in [2.75, 3.05) is 5.90 Å². The van der Waals surface area contributed by atoms with Crippen LogP contribution in [0.2, 0.25) is 0 Å². The second-order valence-electron chi connectivity index (χ2n) is 16.6. The van der Waals surface area contributed by atoms with E-state index in [1.807, 2.05) is 24.3 Å². The number of benzene rings is 12. The van der Waals surface area contributed by atoms with Gasteiger partial charge in [-0.15, -0.1) is 35.4 Å². The molecule has 336 valence electrons. The average molecular weight is 1280 g/mol. The van der Waals surface area contributed by atoms with Crippen LogP contribution in [-0.4, -0.2) is 5.90 Å². The second-order valence-corrected chi connectivity index (χ2v) is 22.3. The van der Waals surface area contributed by atoms with Gasteiger partial charge < -0.3 is 12.8 Å². The third-order valence-electron chi connectivity index (χ3n) is 12.6. The van der Waals surface area contributed by atoms with Gasteiger partial charge >= 0.3 is 44.8 Å². The molecular formula is C65H46Au2P2+2. The zero-order chi connectivity index (χ0) is 45.4. The predicted octanol–water partition coefficient (Wildman–Crippen LogP) is 14.8. The van der Waals surface area contributed by atoms with E-state index >= 15 is 0 Å². The van der Waals surface area contributed by atoms with Crippen LogP contribution < -0.4 is 21.2 Å². The van der Waals surface area contributed by atoms with Crippen LogP contribution >= 0.6 is 15.8 Å². The van der Waals surface area contributed by atoms with E-state index in [4.69, 9.17) is 12.8 Å². The summed E-state index contributed by atoms with van der Waals surface area (Å²) >= 11 is 0. The summed E-state index contributed by atoms with van der Waals surface area (Å²) in [5, 5.41) is 20.8. The molecule has 12 aromatic carbocycles. The molecular weight excluding hydrogens is 1240 g/mol. The molecule has 0 radical (unpaired) electrons. The topological polar surface area (TPSA) is 0 Å². The minimum atomic E-state index is -0.847. The summed E-state index contributed by atoms with van der Waals surface area (Å²) in [6.07, 6.45) is 14.6. The molecule has 0 heterocycles. The van der Waals surface area contributed by atoms with Gasteiger partial charge in [-0.05, 0) is 113 Å². The molecule has 4 heteroatoms. The smallest absolute Gasteiger partial charge is 0.366 e. The Morgan fingerprint density at radius 3 is 0.841 bits per heavy atom. The molecule has 0 saturated carbocycles. The Kier molecular flexibility index (Phi) is 16.6. The van der Waals surface area contributed by atoms with Gasteiger partial charge in [0.25, 0.3) is 0 Å². The Bertz CT molecular complexity index is 3420. The largest absolute Gasteiger partial charge is 1.00 e. The van der Waals surface area contributed by atoms with Crippen molar-refractivity contribution in [3.8, 4) is 11.8 Å². The van der Waals surface area contributed by atoms with Crippen LogP contribution in [-0.2, 0) is 44.8 Å². The van der Waals surface area contributed by atoms with Crippen LogP contribution in [0.1, 0.15) is 11.1 Å². The third-order valence-corrected chi connectivity index (χ3v) is 19.6. The van der Waals surface area contributed by atoms with Crippen molar-refractivity contribution in [3.63, 3.8) is 0 Å². The molecule has 12 rings (SSSR count). The zero-order valence-corrected chi connectivity index (χ0v) is 43.9. The van der Waals surface area contributed by atoms with E-state index in [0.29, 0.717) is 0 Å².